The van der Waals surface area contributed by atoms with E-state index in [1.807, 2.05) is 42.6 Å². The summed E-state index contributed by atoms with van der Waals surface area (Å²) in [5, 5.41) is 17.9. The number of halogens is 2. The highest BCUT2D eigenvalue weighted by Gasteiger charge is 2.26. The number of nitrogens with zero attached hydrogens (tertiary/aromatic N) is 4. The Morgan fingerprint density at radius 3 is 3.03 bits per heavy atom. The third-order valence-electron chi connectivity index (χ3n) is 4.61. The number of aromatic nitrogens is 3. The summed E-state index contributed by atoms with van der Waals surface area (Å²) in [6.45, 7) is 1.01. The first-order chi connectivity index (χ1) is 14.2. The zero-order valence-corrected chi connectivity index (χ0v) is 18.2. The van der Waals surface area contributed by atoms with Crippen molar-refractivity contribution in [2.45, 2.75) is 17.0 Å². The normalized spacial score (nSPS) is 17.2. The molecular formula is C20H15BrClN5OS. The van der Waals surface area contributed by atoms with Crippen LogP contribution in [-0.2, 0) is 6.54 Å². The van der Waals surface area contributed by atoms with Crippen molar-refractivity contribution >= 4 is 57.3 Å². The molecule has 2 aromatic carbocycles. The number of para-hydroxylation sites is 1. The van der Waals surface area contributed by atoms with Gasteiger partial charge in [-0.1, -0.05) is 51.4 Å². The second-order valence-corrected chi connectivity index (χ2v) is 8.97. The third kappa shape index (κ3) is 3.80. The fourth-order valence-electron chi connectivity index (χ4n) is 3.15. The smallest absolute Gasteiger partial charge is 0.213 e. The molecule has 3 heterocycles. The maximum atomic E-state index is 6.20. The van der Waals surface area contributed by atoms with Crippen LogP contribution >= 0.6 is 39.3 Å². The van der Waals surface area contributed by atoms with Gasteiger partial charge in [-0.05, 0) is 42.0 Å². The molecule has 146 valence electrons. The molecule has 0 radical (unpaired) electrons. The van der Waals surface area contributed by atoms with Crippen molar-refractivity contribution in [2.75, 3.05) is 11.9 Å². The van der Waals surface area contributed by atoms with Crippen molar-refractivity contribution in [2.24, 2.45) is 5.10 Å². The molecule has 0 saturated heterocycles. The van der Waals surface area contributed by atoms with Crippen molar-refractivity contribution in [3.63, 3.8) is 0 Å². The molecule has 1 aromatic heterocycles. The lowest BCUT2D eigenvalue weighted by Crippen LogP contribution is -2.22. The molecule has 0 fully saturated rings. The summed E-state index contributed by atoms with van der Waals surface area (Å²) in [6, 6.07) is 13.6. The van der Waals surface area contributed by atoms with Crippen LogP contribution in [0.4, 0.5) is 5.69 Å². The van der Waals surface area contributed by atoms with Crippen LogP contribution in [0.3, 0.4) is 0 Å². The van der Waals surface area contributed by atoms with Gasteiger partial charge in [0.2, 0.25) is 5.16 Å². The highest BCUT2D eigenvalue weighted by atomic mass is 79.9. The Labute approximate surface area is 185 Å². The van der Waals surface area contributed by atoms with E-state index in [-0.39, 0.29) is 5.25 Å². The lowest BCUT2D eigenvalue weighted by molar-refractivity contribution is 0.346. The van der Waals surface area contributed by atoms with Crippen LogP contribution < -0.4 is 10.1 Å². The molecule has 1 unspecified atom stereocenters. The summed E-state index contributed by atoms with van der Waals surface area (Å²) in [5.41, 5.74) is 3.06. The molecule has 0 aliphatic carbocycles. The summed E-state index contributed by atoms with van der Waals surface area (Å²) in [4.78, 5) is 0. The lowest BCUT2D eigenvalue weighted by atomic mass is 10.1. The van der Waals surface area contributed by atoms with Gasteiger partial charge in [0.15, 0.2) is 5.82 Å². The van der Waals surface area contributed by atoms with Gasteiger partial charge in [0.05, 0.1) is 22.5 Å². The van der Waals surface area contributed by atoms with E-state index in [0.29, 0.717) is 18.2 Å². The number of rotatable bonds is 4. The summed E-state index contributed by atoms with van der Waals surface area (Å²) in [6.07, 6.45) is 4.08. The Morgan fingerprint density at radius 2 is 2.14 bits per heavy atom. The van der Waals surface area contributed by atoms with Crippen molar-refractivity contribution in [1.82, 2.24) is 14.9 Å². The highest BCUT2D eigenvalue weighted by Crippen LogP contribution is 2.35. The first kappa shape index (κ1) is 18.7. The van der Waals surface area contributed by atoms with Gasteiger partial charge in [-0.15, -0.1) is 10.2 Å². The van der Waals surface area contributed by atoms with Gasteiger partial charge in [-0.2, -0.15) is 9.78 Å². The molecule has 29 heavy (non-hydrogen) atoms. The summed E-state index contributed by atoms with van der Waals surface area (Å²) >= 11 is 11.3. The average Bonchev–Trinajstić information content (AvgIpc) is 3.15. The van der Waals surface area contributed by atoms with E-state index >= 15 is 0 Å². The number of anilines is 1. The van der Waals surface area contributed by atoms with Crippen molar-refractivity contribution < 1.29 is 4.74 Å². The highest BCUT2D eigenvalue weighted by molar-refractivity contribution is 9.10. The molecule has 2 aliphatic heterocycles. The van der Waals surface area contributed by atoms with E-state index in [9.17, 15) is 0 Å². The second-order valence-electron chi connectivity index (χ2n) is 6.54. The van der Waals surface area contributed by atoms with Crippen LogP contribution in [-0.4, -0.2) is 32.9 Å². The van der Waals surface area contributed by atoms with Crippen LogP contribution in [0.15, 0.2) is 62.8 Å². The Balaban J connectivity index is 1.33. The molecule has 2 aliphatic rings. The molecule has 0 saturated carbocycles. The number of nitrogens with one attached hydrogen (secondary N) is 1. The SMILES string of the molecule is Clc1ccccc1NCc1nnc2n1N=CC(C1=Cc3cc(Br)ccc3OC1)S2. The molecule has 5 rings (SSSR count). The first-order valence-electron chi connectivity index (χ1n) is 8.94. The zero-order valence-electron chi connectivity index (χ0n) is 15.0. The van der Waals surface area contributed by atoms with Crippen LogP contribution in [0, 0.1) is 0 Å². The quantitative estimate of drug-likeness (QED) is 0.554. The molecule has 0 spiro atoms. The van der Waals surface area contributed by atoms with E-state index in [2.05, 4.69) is 48.7 Å². The largest absolute Gasteiger partial charge is 0.489 e. The van der Waals surface area contributed by atoms with E-state index < -0.39 is 0 Å². The average molecular weight is 489 g/mol. The Bertz CT molecular complexity index is 1150. The fraction of sp³-hybridized carbons (Fsp3) is 0.150. The number of fused-ring (bicyclic) bond motifs is 2. The molecule has 1 N–H and O–H groups in total. The van der Waals surface area contributed by atoms with Crippen molar-refractivity contribution in [3.8, 4) is 5.75 Å². The van der Waals surface area contributed by atoms with Gasteiger partial charge >= 0.3 is 0 Å². The van der Waals surface area contributed by atoms with Crippen molar-refractivity contribution in [3.05, 3.63) is 68.9 Å². The number of benzene rings is 2. The molecule has 0 bridgehead atoms. The van der Waals surface area contributed by atoms with E-state index in [1.165, 1.54) is 0 Å². The number of hydrogen-bond acceptors (Lipinski definition) is 6. The van der Waals surface area contributed by atoms with Crippen LogP contribution in [0.1, 0.15) is 11.4 Å². The fourth-order valence-corrected chi connectivity index (χ4v) is 4.70. The third-order valence-corrected chi connectivity index (χ3v) is 6.58. The summed E-state index contributed by atoms with van der Waals surface area (Å²) < 4.78 is 8.70. The first-order valence-corrected chi connectivity index (χ1v) is 11.0. The minimum Gasteiger partial charge on any atom is -0.489 e. The van der Waals surface area contributed by atoms with E-state index in [0.717, 1.165) is 38.0 Å². The number of ether oxygens (including phenoxy) is 1. The summed E-state index contributed by atoms with van der Waals surface area (Å²) in [5.74, 6) is 1.62. The Kier molecular flexibility index (Phi) is 5.07. The molecule has 9 heteroatoms. The molecule has 3 aromatic rings. The number of hydrogen-bond donors (Lipinski definition) is 1. The maximum Gasteiger partial charge on any atom is 0.213 e. The predicted molar refractivity (Wildman–Crippen MR) is 120 cm³/mol. The number of thioether (sulfide) groups is 1. The predicted octanol–water partition coefficient (Wildman–Crippen LogP) is 5.09. The van der Waals surface area contributed by atoms with Gasteiger partial charge in [-0.25, -0.2) is 0 Å². The summed E-state index contributed by atoms with van der Waals surface area (Å²) in [7, 11) is 0. The van der Waals surface area contributed by atoms with Gasteiger partial charge in [0.25, 0.3) is 0 Å². The minimum atomic E-state index is 0.0585. The van der Waals surface area contributed by atoms with Crippen LogP contribution in [0.2, 0.25) is 5.02 Å². The van der Waals surface area contributed by atoms with E-state index in [1.54, 1.807) is 16.4 Å². The molecular weight excluding hydrogens is 474 g/mol. The molecule has 6 nitrogen and oxygen atoms in total. The monoisotopic (exact) mass is 487 g/mol. The van der Waals surface area contributed by atoms with Crippen LogP contribution in [0.25, 0.3) is 6.08 Å². The molecule has 0 amide bonds. The standard InChI is InChI=1S/C20H15BrClN5OS/c21-14-5-6-17-12(8-14)7-13(11-28-17)18-9-24-27-19(25-26-20(27)29-18)10-23-16-4-2-1-3-15(16)22/h1-9,18,23H,10-11H2. The van der Waals surface area contributed by atoms with Gasteiger partial charge in [0.1, 0.15) is 12.4 Å². The Morgan fingerprint density at radius 1 is 1.24 bits per heavy atom. The van der Waals surface area contributed by atoms with Gasteiger partial charge in [0, 0.05) is 16.3 Å². The van der Waals surface area contributed by atoms with Crippen molar-refractivity contribution in [1.29, 1.82) is 0 Å². The topological polar surface area (TPSA) is 64.3 Å². The Hall–Kier alpha value is -2.29. The maximum absolute atomic E-state index is 6.20. The second kappa shape index (κ2) is 7.85. The van der Waals surface area contributed by atoms with Gasteiger partial charge in [-0.3, -0.25) is 0 Å². The lowest BCUT2D eigenvalue weighted by Gasteiger charge is -2.23. The van der Waals surface area contributed by atoms with Gasteiger partial charge < -0.3 is 10.1 Å². The molecule has 1 atom stereocenters. The van der Waals surface area contributed by atoms with Crippen LogP contribution in [0.5, 0.6) is 5.75 Å². The van der Waals surface area contributed by atoms with E-state index in [4.69, 9.17) is 16.3 Å². The zero-order chi connectivity index (χ0) is 19.8. The minimum absolute atomic E-state index is 0.0585.